The predicted molar refractivity (Wildman–Crippen MR) is 94.1 cm³/mol. The van der Waals surface area contributed by atoms with Crippen molar-refractivity contribution in [3.63, 3.8) is 0 Å². The van der Waals surface area contributed by atoms with Crippen LogP contribution < -0.4 is 5.32 Å². The highest BCUT2D eigenvalue weighted by Gasteiger charge is 2.19. The fraction of sp³-hybridized carbons (Fsp3) is 0.429. The van der Waals surface area contributed by atoms with Gasteiger partial charge >= 0.3 is 0 Å². The lowest BCUT2D eigenvalue weighted by Crippen LogP contribution is -2.35. The van der Waals surface area contributed by atoms with Gasteiger partial charge in [0, 0.05) is 12.1 Å². The van der Waals surface area contributed by atoms with Crippen molar-refractivity contribution in [3.05, 3.63) is 71.3 Å². The zero-order valence-corrected chi connectivity index (χ0v) is 13.6. The molecule has 0 heterocycles. The first-order valence-corrected chi connectivity index (χ1v) is 8.68. The van der Waals surface area contributed by atoms with E-state index in [9.17, 15) is 0 Å². The van der Waals surface area contributed by atoms with Crippen LogP contribution in [0.15, 0.2) is 54.6 Å². The third-order valence-electron chi connectivity index (χ3n) is 4.80. The molecule has 1 atom stereocenters. The van der Waals surface area contributed by atoms with Crippen molar-refractivity contribution >= 4 is 0 Å². The minimum Gasteiger partial charge on any atom is -0.307 e. The first-order valence-electron chi connectivity index (χ1n) is 8.68. The van der Waals surface area contributed by atoms with E-state index in [4.69, 9.17) is 0 Å². The van der Waals surface area contributed by atoms with Gasteiger partial charge in [0.1, 0.15) is 0 Å². The van der Waals surface area contributed by atoms with Gasteiger partial charge in [0.2, 0.25) is 0 Å². The lowest BCUT2D eigenvalue weighted by Gasteiger charge is -2.29. The van der Waals surface area contributed by atoms with Crippen LogP contribution in [0.4, 0.5) is 0 Å². The molecule has 0 aromatic heterocycles. The lowest BCUT2D eigenvalue weighted by molar-refractivity contribution is 0.337. The van der Waals surface area contributed by atoms with Gasteiger partial charge in [-0.25, -0.2) is 0 Å². The molecule has 0 bridgehead atoms. The second kappa shape index (κ2) is 7.60. The molecule has 0 spiro atoms. The standard InChI is InChI=1S/C21H27N/c1-17-12-14-18(15-13-17)16-21(19-8-4-2-5-9-19)22-20-10-6-3-7-11-20/h2,4-5,8-9,12-15,20-22H,3,6-7,10-11,16H2,1H3. The maximum absolute atomic E-state index is 3.94. The summed E-state index contributed by atoms with van der Waals surface area (Å²) < 4.78 is 0. The molecule has 1 N–H and O–H groups in total. The minimum atomic E-state index is 0.423. The summed E-state index contributed by atoms with van der Waals surface area (Å²) in [5, 5.41) is 3.94. The highest BCUT2D eigenvalue weighted by Crippen LogP contribution is 2.24. The average molecular weight is 293 g/mol. The summed E-state index contributed by atoms with van der Waals surface area (Å²) in [4.78, 5) is 0. The van der Waals surface area contributed by atoms with Crippen LogP contribution in [0.5, 0.6) is 0 Å². The number of benzene rings is 2. The Labute approximate surface area is 134 Å². The molecule has 1 aliphatic carbocycles. The van der Waals surface area contributed by atoms with E-state index in [1.165, 1.54) is 48.8 Å². The Balaban J connectivity index is 1.74. The van der Waals surface area contributed by atoms with Crippen molar-refractivity contribution in [1.82, 2.24) is 5.32 Å². The van der Waals surface area contributed by atoms with Crippen LogP contribution in [0.2, 0.25) is 0 Å². The Morgan fingerprint density at radius 1 is 0.909 bits per heavy atom. The molecule has 0 aliphatic heterocycles. The summed E-state index contributed by atoms with van der Waals surface area (Å²) in [5.74, 6) is 0. The third-order valence-corrected chi connectivity index (χ3v) is 4.80. The maximum atomic E-state index is 3.94. The molecule has 2 aromatic rings. The summed E-state index contributed by atoms with van der Waals surface area (Å²) in [6.07, 6.45) is 7.90. The normalized spacial score (nSPS) is 17.3. The second-order valence-corrected chi connectivity index (χ2v) is 6.65. The smallest absolute Gasteiger partial charge is 0.0363 e. The molecule has 1 aliphatic rings. The van der Waals surface area contributed by atoms with E-state index in [0.29, 0.717) is 12.1 Å². The summed E-state index contributed by atoms with van der Waals surface area (Å²) >= 11 is 0. The molecule has 116 valence electrons. The average Bonchev–Trinajstić information content (AvgIpc) is 2.58. The number of hydrogen-bond donors (Lipinski definition) is 1. The zero-order chi connectivity index (χ0) is 15.2. The summed E-state index contributed by atoms with van der Waals surface area (Å²) in [6, 6.07) is 21.0. The van der Waals surface area contributed by atoms with E-state index in [0.717, 1.165) is 6.42 Å². The quantitative estimate of drug-likeness (QED) is 0.799. The van der Waals surface area contributed by atoms with E-state index < -0.39 is 0 Å². The van der Waals surface area contributed by atoms with Gasteiger partial charge in [-0.05, 0) is 37.3 Å². The van der Waals surface area contributed by atoms with Crippen molar-refractivity contribution in [2.45, 2.75) is 57.5 Å². The number of hydrogen-bond acceptors (Lipinski definition) is 1. The Morgan fingerprint density at radius 2 is 1.59 bits per heavy atom. The van der Waals surface area contributed by atoms with Crippen LogP contribution in [-0.4, -0.2) is 6.04 Å². The summed E-state index contributed by atoms with van der Waals surface area (Å²) in [7, 11) is 0. The van der Waals surface area contributed by atoms with Gasteiger partial charge in [-0.3, -0.25) is 0 Å². The Hall–Kier alpha value is -1.60. The number of nitrogens with one attached hydrogen (secondary N) is 1. The Morgan fingerprint density at radius 3 is 2.27 bits per heavy atom. The number of rotatable bonds is 5. The molecule has 3 rings (SSSR count). The van der Waals surface area contributed by atoms with Crippen molar-refractivity contribution in [2.24, 2.45) is 0 Å². The summed E-state index contributed by atoms with van der Waals surface area (Å²) in [6.45, 7) is 2.15. The van der Waals surface area contributed by atoms with Crippen LogP contribution >= 0.6 is 0 Å². The molecule has 0 radical (unpaired) electrons. The van der Waals surface area contributed by atoms with E-state index in [-0.39, 0.29) is 0 Å². The van der Waals surface area contributed by atoms with E-state index in [2.05, 4.69) is 66.8 Å². The van der Waals surface area contributed by atoms with E-state index in [1.807, 2.05) is 0 Å². The molecular formula is C21H27N. The Bertz CT molecular complexity index is 552. The van der Waals surface area contributed by atoms with Gasteiger partial charge in [0.15, 0.2) is 0 Å². The van der Waals surface area contributed by atoms with E-state index >= 15 is 0 Å². The molecule has 1 unspecified atom stereocenters. The fourth-order valence-electron chi connectivity index (χ4n) is 3.47. The topological polar surface area (TPSA) is 12.0 Å². The third kappa shape index (κ3) is 4.20. The molecular weight excluding hydrogens is 266 g/mol. The molecule has 2 aromatic carbocycles. The predicted octanol–water partition coefficient (Wildman–Crippen LogP) is 5.20. The van der Waals surface area contributed by atoms with Gasteiger partial charge in [0.05, 0.1) is 0 Å². The van der Waals surface area contributed by atoms with Gasteiger partial charge in [0.25, 0.3) is 0 Å². The van der Waals surface area contributed by atoms with Gasteiger partial charge in [-0.15, -0.1) is 0 Å². The lowest BCUT2D eigenvalue weighted by atomic mass is 9.92. The van der Waals surface area contributed by atoms with Crippen LogP contribution in [0, 0.1) is 6.92 Å². The highest BCUT2D eigenvalue weighted by molar-refractivity contribution is 5.26. The molecule has 1 fully saturated rings. The first-order chi connectivity index (χ1) is 10.8. The van der Waals surface area contributed by atoms with Crippen molar-refractivity contribution in [3.8, 4) is 0 Å². The first kappa shape index (κ1) is 15.3. The van der Waals surface area contributed by atoms with Gasteiger partial charge < -0.3 is 5.32 Å². The molecule has 0 amide bonds. The van der Waals surface area contributed by atoms with Crippen molar-refractivity contribution < 1.29 is 0 Å². The minimum absolute atomic E-state index is 0.423. The fourth-order valence-corrected chi connectivity index (χ4v) is 3.47. The Kier molecular flexibility index (Phi) is 5.29. The second-order valence-electron chi connectivity index (χ2n) is 6.65. The summed E-state index contributed by atoms with van der Waals surface area (Å²) in [5.41, 5.74) is 4.16. The van der Waals surface area contributed by atoms with E-state index in [1.54, 1.807) is 0 Å². The highest BCUT2D eigenvalue weighted by atomic mass is 14.9. The van der Waals surface area contributed by atoms with Crippen molar-refractivity contribution in [2.75, 3.05) is 0 Å². The van der Waals surface area contributed by atoms with Crippen molar-refractivity contribution in [1.29, 1.82) is 0 Å². The number of aryl methyl sites for hydroxylation is 1. The SMILES string of the molecule is Cc1ccc(CC(NC2CCCCC2)c2ccccc2)cc1. The monoisotopic (exact) mass is 293 g/mol. The van der Waals surface area contributed by atoms with Crippen LogP contribution in [-0.2, 0) is 6.42 Å². The molecule has 1 heteroatoms. The molecule has 1 saturated carbocycles. The maximum Gasteiger partial charge on any atom is 0.0363 e. The molecule has 0 saturated heterocycles. The molecule has 22 heavy (non-hydrogen) atoms. The largest absolute Gasteiger partial charge is 0.307 e. The van der Waals surface area contributed by atoms with Crippen LogP contribution in [0.25, 0.3) is 0 Å². The van der Waals surface area contributed by atoms with Crippen LogP contribution in [0.1, 0.15) is 54.8 Å². The zero-order valence-electron chi connectivity index (χ0n) is 13.6. The van der Waals surface area contributed by atoms with Gasteiger partial charge in [-0.2, -0.15) is 0 Å². The van der Waals surface area contributed by atoms with Gasteiger partial charge in [-0.1, -0.05) is 79.4 Å². The van der Waals surface area contributed by atoms with Crippen LogP contribution in [0.3, 0.4) is 0 Å². The molecule has 1 nitrogen and oxygen atoms in total.